The molecule has 1 aromatic carbocycles. The third-order valence-corrected chi connectivity index (χ3v) is 3.67. The predicted octanol–water partition coefficient (Wildman–Crippen LogP) is 4.80. The molecule has 2 heteroatoms. The lowest BCUT2D eigenvalue weighted by Gasteiger charge is -2.30. The normalized spacial score (nSPS) is 23.8. The Morgan fingerprint density at radius 3 is 2.75 bits per heavy atom. The molecule has 1 aromatic rings. The van der Waals surface area contributed by atoms with Crippen molar-refractivity contribution in [2.75, 3.05) is 6.61 Å². The minimum atomic E-state index is -0.157. The van der Waals surface area contributed by atoms with Gasteiger partial charge in [-0.05, 0) is 37.3 Å². The molecule has 0 unspecified atom stereocenters. The number of hydrogen-bond donors (Lipinski definition) is 0. The zero-order valence-corrected chi connectivity index (χ0v) is 12.7. The average Bonchev–Trinajstić information content (AvgIpc) is 2.47. The maximum Gasteiger partial charge on any atom is 0.180 e. The van der Waals surface area contributed by atoms with Crippen LogP contribution in [0.15, 0.2) is 35.9 Å². The topological polar surface area (TPSA) is 18.5 Å². The summed E-state index contributed by atoms with van der Waals surface area (Å²) in [6.07, 6.45) is 8.11. The van der Waals surface area contributed by atoms with E-state index in [1.807, 2.05) is 6.07 Å². The molecule has 0 bridgehead atoms. The van der Waals surface area contributed by atoms with E-state index in [1.165, 1.54) is 30.4 Å². The third kappa shape index (κ3) is 4.77. The highest BCUT2D eigenvalue weighted by atomic mass is 16.7. The Bertz CT molecular complexity index is 411. The molecule has 0 aromatic heterocycles. The standard InChI is InChI=1S/C18H26O2/c1-3-4-6-11-17(14-16-9-7-5-8-10-16)18-19-13-12-15(2)20-18/h5,7-10,14-15,18H,3-4,6,11-13H2,1-2H3/b17-14+/t15-,18+/m0/s1. The van der Waals surface area contributed by atoms with Crippen molar-refractivity contribution in [1.29, 1.82) is 0 Å². The van der Waals surface area contributed by atoms with E-state index >= 15 is 0 Å². The van der Waals surface area contributed by atoms with E-state index < -0.39 is 0 Å². The van der Waals surface area contributed by atoms with E-state index in [1.54, 1.807) is 0 Å². The van der Waals surface area contributed by atoms with Gasteiger partial charge < -0.3 is 9.47 Å². The fourth-order valence-corrected chi connectivity index (χ4v) is 2.45. The number of benzene rings is 1. The molecular formula is C18H26O2. The quantitative estimate of drug-likeness (QED) is 0.694. The van der Waals surface area contributed by atoms with Crippen molar-refractivity contribution in [2.24, 2.45) is 0 Å². The molecule has 0 N–H and O–H groups in total. The SMILES string of the molecule is CCCCC/C(=C\c1ccccc1)[C@@H]1OCC[C@H](C)O1. The molecule has 1 fully saturated rings. The second-order valence-electron chi connectivity index (χ2n) is 5.53. The summed E-state index contributed by atoms with van der Waals surface area (Å²) in [4.78, 5) is 0. The molecule has 2 atom stereocenters. The fourth-order valence-electron chi connectivity index (χ4n) is 2.45. The molecule has 1 saturated heterocycles. The number of hydrogen-bond acceptors (Lipinski definition) is 2. The number of unbranched alkanes of at least 4 members (excludes halogenated alkanes) is 2. The first kappa shape index (κ1) is 15.3. The van der Waals surface area contributed by atoms with Gasteiger partial charge in [0.25, 0.3) is 0 Å². The van der Waals surface area contributed by atoms with E-state index in [0.717, 1.165) is 19.4 Å². The fraction of sp³-hybridized carbons (Fsp3) is 0.556. The van der Waals surface area contributed by atoms with Gasteiger partial charge in [-0.15, -0.1) is 0 Å². The first-order valence-electron chi connectivity index (χ1n) is 7.82. The Labute approximate surface area is 122 Å². The predicted molar refractivity (Wildman–Crippen MR) is 83.5 cm³/mol. The van der Waals surface area contributed by atoms with Crippen LogP contribution in [0.25, 0.3) is 6.08 Å². The van der Waals surface area contributed by atoms with Gasteiger partial charge in [-0.2, -0.15) is 0 Å². The van der Waals surface area contributed by atoms with Crippen LogP contribution in [0.5, 0.6) is 0 Å². The molecule has 2 nitrogen and oxygen atoms in total. The molecule has 1 aliphatic rings. The molecule has 1 heterocycles. The van der Waals surface area contributed by atoms with Crippen LogP contribution >= 0.6 is 0 Å². The maximum atomic E-state index is 5.96. The average molecular weight is 274 g/mol. The summed E-state index contributed by atoms with van der Waals surface area (Å²) < 4.78 is 11.8. The van der Waals surface area contributed by atoms with Crippen LogP contribution < -0.4 is 0 Å². The van der Waals surface area contributed by atoms with Crippen molar-refractivity contribution in [2.45, 2.75) is 58.3 Å². The summed E-state index contributed by atoms with van der Waals surface area (Å²) in [5.41, 5.74) is 2.50. The molecule has 20 heavy (non-hydrogen) atoms. The van der Waals surface area contributed by atoms with Gasteiger partial charge in [0.05, 0.1) is 12.7 Å². The molecule has 0 radical (unpaired) electrons. The van der Waals surface area contributed by atoms with Gasteiger partial charge in [-0.3, -0.25) is 0 Å². The van der Waals surface area contributed by atoms with Crippen LogP contribution in [-0.2, 0) is 9.47 Å². The van der Waals surface area contributed by atoms with Crippen LogP contribution in [-0.4, -0.2) is 19.0 Å². The van der Waals surface area contributed by atoms with Crippen LogP contribution in [0.3, 0.4) is 0 Å². The van der Waals surface area contributed by atoms with Crippen molar-refractivity contribution in [3.05, 3.63) is 41.5 Å². The van der Waals surface area contributed by atoms with E-state index in [0.29, 0.717) is 6.10 Å². The first-order chi connectivity index (χ1) is 9.79. The molecular weight excluding hydrogens is 248 g/mol. The molecule has 1 aliphatic heterocycles. The van der Waals surface area contributed by atoms with Crippen LogP contribution in [0, 0.1) is 0 Å². The summed E-state index contributed by atoms with van der Waals surface area (Å²) >= 11 is 0. The van der Waals surface area contributed by atoms with Crippen LogP contribution in [0.2, 0.25) is 0 Å². The minimum Gasteiger partial charge on any atom is -0.349 e. The highest BCUT2D eigenvalue weighted by molar-refractivity contribution is 5.53. The zero-order chi connectivity index (χ0) is 14.2. The number of ether oxygens (including phenoxy) is 2. The lowest BCUT2D eigenvalue weighted by molar-refractivity contribution is -0.187. The van der Waals surface area contributed by atoms with Crippen molar-refractivity contribution in [3.8, 4) is 0 Å². The van der Waals surface area contributed by atoms with Gasteiger partial charge in [-0.1, -0.05) is 56.2 Å². The van der Waals surface area contributed by atoms with Gasteiger partial charge in [0, 0.05) is 0 Å². The van der Waals surface area contributed by atoms with Gasteiger partial charge in [0.15, 0.2) is 6.29 Å². The molecule has 0 saturated carbocycles. The number of rotatable bonds is 6. The second kappa shape index (κ2) is 8.23. The summed E-state index contributed by atoms with van der Waals surface area (Å²) in [6.45, 7) is 5.16. The van der Waals surface area contributed by atoms with Crippen molar-refractivity contribution < 1.29 is 9.47 Å². The van der Waals surface area contributed by atoms with E-state index in [9.17, 15) is 0 Å². The van der Waals surface area contributed by atoms with Gasteiger partial charge in [0.1, 0.15) is 0 Å². The second-order valence-corrected chi connectivity index (χ2v) is 5.53. The monoisotopic (exact) mass is 274 g/mol. The lowest BCUT2D eigenvalue weighted by atomic mass is 10.0. The third-order valence-electron chi connectivity index (χ3n) is 3.67. The van der Waals surface area contributed by atoms with Gasteiger partial charge in [-0.25, -0.2) is 0 Å². The molecule has 110 valence electrons. The minimum absolute atomic E-state index is 0.157. The summed E-state index contributed by atoms with van der Waals surface area (Å²) in [7, 11) is 0. The van der Waals surface area contributed by atoms with Crippen LogP contribution in [0.1, 0.15) is 51.5 Å². The van der Waals surface area contributed by atoms with Crippen molar-refractivity contribution in [3.63, 3.8) is 0 Å². The molecule has 2 rings (SSSR count). The van der Waals surface area contributed by atoms with Gasteiger partial charge in [0.2, 0.25) is 0 Å². The summed E-state index contributed by atoms with van der Waals surface area (Å²) in [5, 5.41) is 0. The maximum absolute atomic E-state index is 5.96. The van der Waals surface area contributed by atoms with E-state index in [2.05, 4.69) is 44.2 Å². The Morgan fingerprint density at radius 1 is 1.25 bits per heavy atom. The largest absolute Gasteiger partial charge is 0.349 e. The van der Waals surface area contributed by atoms with Gasteiger partial charge >= 0.3 is 0 Å². The zero-order valence-electron chi connectivity index (χ0n) is 12.7. The molecule has 0 spiro atoms. The lowest BCUT2D eigenvalue weighted by Crippen LogP contribution is -2.31. The van der Waals surface area contributed by atoms with E-state index in [4.69, 9.17) is 9.47 Å². The van der Waals surface area contributed by atoms with Crippen molar-refractivity contribution in [1.82, 2.24) is 0 Å². The highest BCUT2D eigenvalue weighted by Gasteiger charge is 2.23. The molecule has 0 amide bonds. The summed E-state index contributed by atoms with van der Waals surface area (Å²) in [6, 6.07) is 10.4. The first-order valence-corrected chi connectivity index (χ1v) is 7.82. The van der Waals surface area contributed by atoms with E-state index in [-0.39, 0.29) is 6.29 Å². The van der Waals surface area contributed by atoms with Crippen LogP contribution in [0.4, 0.5) is 0 Å². The Hall–Kier alpha value is -1.12. The summed E-state index contributed by atoms with van der Waals surface area (Å²) in [5.74, 6) is 0. The molecule has 0 aliphatic carbocycles. The Balaban J connectivity index is 2.09. The highest BCUT2D eigenvalue weighted by Crippen LogP contribution is 2.24. The Kier molecular flexibility index (Phi) is 6.28. The smallest absolute Gasteiger partial charge is 0.180 e. The Morgan fingerprint density at radius 2 is 2.05 bits per heavy atom. The van der Waals surface area contributed by atoms with Crippen molar-refractivity contribution >= 4 is 6.08 Å².